The van der Waals surface area contributed by atoms with Gasteiger partial charge in [0.25, 0.3) is 0 Å². The van der Waals surface area contributed by atoms with Crippen LogP contribution in [0.25, 0.3) is 0 Å². The van der Waals surface area contributed by atoms with Crippen LogP contribution in [0.1, 0.15) is 37.6 Å². The predicted octanol–water partition coefficient (Wildman–Crippen LogP) is 1.11. The normalized spacial score (nSPS) is 23.8. The Bertz CT molecular complexity index is 338. The second kappa shape index (κ2) is 4.93. The van der Waals surface area contributed by atoms with E-state index in [-0.39, 0.29) is 6.10 Å². The number of aromatic nitrogens is 2. The molecule has 90 valence electrons. The molecule has 0 bridgehead atoms. The Hall–Kier alpha value is -0.940. The molecular formula is C11H19N3O2. The largest absolute Gasteiger partial charge is 0.393 e. The summed E-state index contributed by atoms with van der Waals surface area (Å²) in [7, 11) is 0. The maximum absolute atomic E-state index is 9.44. The second-order valence-electron chi connectivity index (χ2n) is 4.65. The van der Waals surface area contributed by atoms with E-state index in [1.165, 1.54) is 6.42 Å². The molecule has 2 heterocycles. The zero-order valence-electron chi connectivity index (χ0n) is 9.89. The first kappa shape index (κ1) is 11.5. The summed E-state index contributed by atoms with van der Waals surface area (Å²) in [6.07, 6.45) is 2.96. The Labute approximate surface area is 95.4 Å². The molecule has 1 aliphatic rings. The molecule has 16 heavy (non-hydrogen) atoms. The molecule has 0 saturated carbocycles. The molecule has 2 rings (SSSR count). The summed E-state index contributed by atoms with van der Waals surface area (Å²) in [4.78, 5) is 2.36. The number of likely N-dealkylation sites (tertiary alicyclic amines) is 1. The molecule has 1 N–H and O–H groups in total. The topological polar surface area (TPSA) is 62.4 Å². The molecule has 0 amide bonds. The standard InChI is InChI=1S/C11H19N3O2/c1-8(15)6-10-4-3-5-14(10)7-11-9(2)12-16-13-11/h8,10,15H,3-7H2,1-2H3. The van der Waals surface area contributed by atoms with Crippen LogP contribution in [0.3, 0.4) is 0 Å². The molecule has 2 atom stereocenters. The Morgan fingerprint density at radius 1 is 1.56 bits per heavy atom. The van der Waals surface area contributed by atoms with Gasteiger partial charge >= 0.3 is 0 Å². The molecule has 5 nitrogen and oxygen atoms in total. The highest BCUT2D eigenvalue weighted by Crippen LogP contribution is 2.23. The van der Waals surface area contributed by atoms with Gasteiger partial charge in [-0.15, -0.1) is 0 Å². The van der Waals surface area contributed by atoms with Gasteiger partial charge in [-0.3, -0.25) is 4.90 Å². The molecular weight excluding hydrogens is 206 g/mol. The van der Waals surface area contributed by atoms with Crippen molar-refractivity contribution in [1.82, 2.24) is 15.2 Å². The molecule has 0 aliphatic carbocycles. The molecule has 5 heteroatoms. The number of aliphatic hydroxyl groups excluding tert-OH is 1. The fourth-order valence-electron chi connectivity index (χ4n) is 2.35. The fourth-order valence-corrected chi connectivity index (χ4v) is 2.35. The highest BCUT2D eigenvalue weighted by molar-refractivity contribution is 5.05. The number of rotatable bonds is 4. The molecule has 0 spiro atoms. The highest BCUT2D eigenvalue weighted by atomic mass is 16.6. The predicted molar refractivity (Wildman–Crippen MR) is 58.8 cm³/mol. The minimum atomic E-state index is -0.234. The maximum Gasteiger partial charge on any atom is 0.122 e. The third-order valence-corrected chi connectivity index (χ3v) is 3.21. The molecule has 1 fully saturated rings. The summed E-state index contributed by atoms with van der Waals surface area (Å²) < 4.78 is 4.70. The van der Waals surface area contributed by atoms with Crippen LogP contribution in [-0.4, -0.2) is 39.0 Å². The van der Waals surface area contributed by atoms with E-state index in [1.807, 2.05) is 13.8 Å². The van der Waals surface area contributed by atoms with Crippen molar-refractivity contribution < 1.29 is 9.74 Å². The lowest BCUT2D eigenvalue weighted by atomic mass is 10.1. The van der Waals surface area contributed by atoms with Gasteiger partial charge in [0.1, 0.15) is 11.4 Å². The summed E-state index contributed by atoms with van der Waals surface area (Å²) in [6, 6.07) is 0.469. The first-order valence-corrected chi connectivity index (χ1v) is 5.87. The van der Waals surface area contributed by atoms with E-state index >= 15 is 0 Å². The monoisotopic (exact) mass is 225 g/mol. The van der Waals surface area contributed by atoms with Gasteiger partial charge in [0.15, 0.2) is 0 Å². The molecule has 0 aromatic carbocycles. The molecule has 1 aromatic heterocycles. The van der Waals surface area contributed by atoms with Gasteiger partial charge in [-0.2, -0.15) is 0 Å². The van der Waals surface area contributed by atoms with Crippen molar-refractivity contribution in [3.63, 3.8) is 0 Å². The summed E-state index contributed by atoms with van der Waals surface area (Å²) in [5.74, 6) is 0. The van der Waals surface area contributed by atoms with E-state index in [2.05, 4.69) is 15.2 Å². The van der Waals surface area contributed by atoms with Gasteiger partial charge in [0.2, 0.25) is 0 Å². The van der Waals surface area contributed by atoms with Crippen LogP contribution in [0.5, 0.6) is 0 Å². The van der Waals surface area contributed by atoms with Crippen molar-refractivity contribution in [3.05, 3.63) is 11.4 Å². The summed E-state index contributed by atoms with van der Waals surface area (Å²) in [6.45, 7) is 5.61. The van der Waals surface area contributed by atoms with E-state index in [9.17, 15) is 5.11 Å². The van der Waals surface area contributed by atoms with Gasteiger partial charge < -0.3 is 5.11 Å². The lowest BCUT2D eigenvalue weighted by Gasteiger charge is -2.24. The van der Waals surface area contributed by atoms with Crippen molar-refractivity contribution in [2.24, 2.45) is 0 Å². The summed E-state index contributed by atoms with van der Waals surface area (Å²) in [5, 5.41) is 17.1. The number of hydrogen-bond acceptors (Lipinski definition) is 5. The van der Waals surface area contributed by atoms with Crippen LogP contribution in [-0.2, 0) is 6.54 Å². The smallest absolute Gasteiger partial charge is 0.122 e. The van der Waals surface area contributed by atoms with E-state index in [0.29, 0.717) is 6.04 Å². The number of aryl methyl sites for hydroxylation is 1. The Morgan fingerprint density at radius 2 is 2.38 bits per heavy atom. The lowest BCUT2D eigenvalue weighted by Crippen LogP contribution is -2.31. The van der Waals surface area contributed by atoms with Gasteiger partial charge in [-0.05, 0) is 39.7 Å². The third-order valence-electron chi connectivity index (χ3n) is 3.21. The molecule has 1 aliphatic heterocycles. The van der Waals surface area contributed by atoms with Crippen LogP contribution < -0.4 is 0 Å². The molecule has 1 aromatic rings. The molecule has 0 radical (unpaired) electrons. The minimum absolute atomic E-state index is 0.234. The number of hydrogen-bond donors (Lipinski definition) is 1. The maximum atomic E-state index is 9.44. The number of aliphatic hydroxyl groups is 1. The second-order valence-corrected chi connectivity index (χ2v) is 4.65. The van der Waals surface area contributed by atoms with Gasteiger partial charge in [-0.25, -0.2) is 4.63 Å². The third kappa shape index (κ3) is 2.59. The van der Waals surface area contributed by atoms with Crippen LogP contribution in [0, 0.1) is 6.92 Å². The van der Waals surface area contributed by atoms with E-state index < -0.39 is 0 Å². The van der Waals surface area contributed by atoms with Gasteiger partial charge in [-0.1, -0.05) is 10.3 Å². The average Bonchev–Trinajstić information content (AvgIpc) is 2.78. The van der Waals surface area contributed by atoms with Crippen LogP contribution in [0.15, 0.2) is 4.63 Å². The zero-order valence-corrected chi connectivity index (χ0v) is 9.89. The van der Waals surface area contributed by atoms with Gasteiger partial charge in [0, 0.05) is 12.6 Å². The van der Waals surface area contributed by atoms with Crippen LogP contribution in [0.4, 0.5) is 0 Å². The van der Waals surface area contributed by atoms with Crippen LogP contribution >= 0.6 is 0 Å². The van der Waals surface area contributed by atoms with Crippen molar-refractivity contribution in [3.8, 4) is 0 Å². The fraction of sp³-hybridized carbons (Fsp3) is 0.818. The van der Waals surface area contributed by atoms with Crippen molar-refractivity contribution in [2.75, 3.05) is 6.54 Å². The van der Waals surface area contributed by atoms with E-state index in [1.54, 1.807) is 0 Å². The molecule has 1 saturated heterocycles. The lowest BCUT2D eigenvalue weighted by molar-refractivity contribution is 0.129. The van der Waals surface area contributed by atoms with E-state index in [0.717, 1.165) is 37.3 Å². The first-order chi connectivity index (χ1) is 7.66. The Morgan fingerprint density at radius 3 is 3.00 bits per heavy atom. The average molecular weight is 225 g/mol. The zero-order chi connectivity index (χ0) is 11.5. The highest BCUT2D eigenvalue weighted by Gasteiger charge is 2.26. The minimum Gasteiger partial charge on any atom is -0.393 e. The summed E-state index contributed by atoms with van der Waals surface area (Å²) in [5.41, 5.74) is 1.78. The van der Waals surface area contributed by atoms with Crippen molar-refractivity contribution in [2.45, 2.75) is 51.8 Å². The van der Waals surface area contributed by atoms with Crippen molar-refractivity contribution >= 4 is 0 Å². The summed E-state index contributed by atoms with van der Waals surface area (Å²) >= 11 is 0. The quantitative estimate of drug-likeness (QED) is 0.831. The molecule has 2 unspecified atom stereocenters. The van der Waals surface area contributed by atoms with E-state index in [4.69, 9.17) is 4.63 Å². The Kier molecular flexibility index (Phi) is 3.56. The van der Waals surface area contributed by atoms with Crippen molar-refractivity contribution in [1.29, 1.82) is 0 Å². The van der Waals surface area contributed by atoms with Gasteiger partial charge in [0.05, 0.1) is 6.10 Å². The van der Waals surface area contributed by atoms with Crippen LogP contribution in [0.2, 0.25) is 0 Å². The first-order valence-electron chi connectivity index (χ1n) is 5.87. The Balaban J connectivity index is 1.96. The SMILES string of the molecule is Cc1nonc1CN1CCCC1CC(C)O. The number of nitrogens with zero attached hydrogens (tertiary/aromatic N) is 3.